The minimum Gasteiger partial charge on any atom is -0.497 e. The van der Waals surface area contributed by atoms with Crippen LogP contribution in [-0.4, -0.2) is 34.6 Å². The highest BCUT2D eigenvalue weighted by Gasteiger charge is 2.46. The Morgan fingerprint density at radius 1 is 1.44 bits per heavy atom. The fraction of sp³-hybridized carbons (Fsp3) is 0.500. The number of fused-ring (bicyclic) bond motifs is 3. The van der Waals surface area contributed by atoms with Crippen LogP contribution < -0.4 is 9.04 Å². The molecule has 0 aromatic heterocycles. The van der Waals surface area contributed by atoms with Gasteiger partial charge in [0.15, 0.2) is 6.23 Å². The highest BCUT2D eigenvalue weighted by atomic mass is 32.2. The first-order valence-corrected chi connectivity index (χ1v) is 7.66. The molecule has 2 atom stereocenters. The molecular formula is C12H15NO4S. The molecule has 0 radical (unpaired) electrons. The largest absolute Gasteiger partial charge is 0.497 e. The molecule has 3 rings (SSSR count). The predicted molar refractivity (Wildman–Crippen MR) is 67.4 cm³/mol. The van der Waals surface area contributed by atoms with E-state index in [1.165, 1.54) is 10.6 Å². The van der Waals surface area contributed by atoms with E-state index in [1.807, 2.05) is 6.07 Å². The van der Waals surface area contributed by atoms with Gasteiger partial charge < -0.3 is 9.47 Å². The fourth-order valence-corrected chi connectivity index (χ4v) is 3.89. The standard InChI is InChI=1S/C12H15NO4S/c1-16-8-3-4-11-10(7-8)9-5-6-17-12(9)13(11)18(2,14)15/h3-4,7,9,12H,5-6H2,1-2H3/t9-,12-/m0/s1. The van der Waals surface area contributed by atoms with Crippen LogP contribution in [0.1, 0.15) is 17.9 Å². The Hall–Kier alpha value is -1.27. The summed E-state index contributed by atoms with van der Waals surface area (Å²) in [5.41, 5.74) is 1.72. The van der Waals surface area contributed by atoms with Crippen molar-refractivity contribution in [2.24, 2.45) is 0 Å². The fourth-order valence-electron chi connectivity index (χ4n) is 2.78. The number of ether oxygens (including phenoxy) is 2. The average Bonchev–Trinajstić information content (AvgIpc) is 2.85. The van der Waals surface area contributed by atoms with Crippen LogP contribution in [0.2, 0.25) is 0 Å². The molecule has 1 aromatic rings. The lowest BCUT2D eigenvalue weighted by molar-refractivity contribution is 0.118. The summed E-state index contributed by atoms with van der Waals surface area (Å²) in [6.45, 7) is 0.595. The number of rotatable bonds is 2. The number of hydrogen-bond acceptors (Lipinski definition) is 4. The molecule has 1 fully saturated rings. The summed E-state index contributed by atoms with van der Waals surface area (Å²) in [6.07, 6.45) is 1.67. The van der Waals surface area contributed by atoms with Gasteiger partial charge in [-0.05, 0) is 30.2 Å². The summed E-state index contributed by atoms with van der Waals surface area (Å²) < 4.78 is 36.0. The van der Waals surface area contributed by atoms with Crippen molar-refractivity contribution < 1.29 is 17.9 Å². The number of benzene rings is 1. The van der Waals surface area contributed by atoms with Crippen LogP contribution in [0, 0.1) is 0 Å². The number of methoxy groups -OCH3 is 1. The molecule has 0 N–H and O–H groups in total. The van der Waals surface area contributed by atoms with Gasteiger partial charge in [0, 0.05) is 5.92 Å². The van der Waals surface area contributed by atoms with E-state index in [-0.39, 0.29) is 12.1 Å². The van der Waals surface area contributed by atoms with Crippen LogP contribution in [0.15, 0.2) is 18.2 Å². The highest BCUT2D eigenvalue weighted by Crippen LogP contribution is 2.48. The van der Waals surface area contributed by atoms with Crippen LogP contribution >= 0.6 is 0 Å². The minimum atomic E-state index is -3.32. The summed E-state index contributed by atoms with van der Waals surface area (Å²) in [6, 6.07) is 5.47. The summed E-state index contributed by atoms with van der Waals surface area (Å²) in [5.74, 6) is 0.861. The maximum absolute atomic E-state index is 11.9. The van der Waals surface area contributed by atoms with E-state index in [0.29, 0.717) is 12.3 Å². The molecule has 0 unspecified atom stereocenters. The van der Waals surface area contributed by atoms with Crippen LogP contribution in [0.25, 0.3) is 0 Å². The number of sulfonamides is 1. The van der Waals surface area contributed by atoms with E-state index in [4.69, 9.17) is 9.47 Å². The SMILES string of the molecule is COc1ccc2c(c1)[C@@H]1CCO[C@@H]1N2S(C)(=O)=O. The first-order valence-electron chi connectivity index (χ1n) is 5.81. The quantitative estimate of drug-likeness (QED) is 0.812. The maximum Gasteiger partial charge on any atom is 0.234 e. The molecule has 0 amide bonds. The second kappa shape index (κ2) is 3.86. The van der Waals surface area contributed by atoms with Gasteiger partial charge in [-0.25, -0.2) is 12.7 Å². The first-order chi connectivity index (χ1) is 8.52. The van der Waals surface area contributed by atoms with Gasteiger partial charge in [-0.3, -0.25) is 0 Å². The van der Waals surface area contributed by atoms with E-state index in [2.05, 4.69) is 0 Å². The van der Waals surface area contributed by atoms with Crippen molar-refractivity contribution in [1.82, 2.24) is 0 Å². The maximum atomic E-state index is 11.9. The summed E-state index contributed by atoms with van der Waals surface area (Å²) in [4.78, 5) is 0. The highest BCUT2D eigenvalue weighted by molar-refractivity contribution is 7.92. The van der Waals surface area contributed by atoms with Crippen LogP contribution in [0.4, 0.5) is 5.69 Å². The Labute approximate surface area is 106 Å². The van der Waals surface area contributed by atoms with E-state index >= 15 is 0 Å². The van der Waals surface area contributed by atoms with Gasteiger partial charge in [0.1, 0.15) is 5.75 Å². The van der Waals surface area contributed by atoms with Crippen molar-refractivity contribution in [3.8, 4) is 5.75 Å². The van der Waals surface area contributed by atoms with Crippen molar-refractivity contribution >= 4 is 15.7 Å². The molecule has 0 aliphatic carbocycles. The minimum absolute atomic E-state index is 0.116. The molecule has 1 aromatic carbocycles. The molecule has 6 heteroatoms. The van der Waals surface area contributed by atoms with Crippen molar-refractivity contribution in [1.29, 1.82) is 0 Å². The Balaban J connectivity index is 2.16. The van der Waals surface area contributed by atoms with Gasteiger partial charge in [0.05, 0.1) is 25.7 Å². The molecule has 18 heavy (non-hydrogen) atoms. The number of anilines is 1. The van der Waals surface area contributed by atoms with Crippen LogP contribution in [0.5, 0.6) is 5.75 Å². The topological polar surface area (TPSA) is 55.8 Å². The van der Waals surface area contributed by atoms with Gasteiger partial charge in [0.25, 0.3) is 0 Å². The van der Waals surface area contributed by atoms with Crippen molar-refractivity contribution in [3.63, 3.8) is 0 Å². The summed E-state index contributed by atoms with van der Waals surface area (Å²) in [5, 5.41) is 0. The van der Waals surface area contributed by atoms with Gasteiger partial charge in [-0.15, -0.1) is 0 Å². The molecule has 2 heterocycles. The second-order valence-electron chi connectivity index (χ2n) is 4.64. The molecule has 1 saturated heterocycles. The zero-order valence-corrected chi connectivity index (χ0v) is 11.1. The van der Waals surface area contributed by atoms with Gasteiger partial charge >= 0.3 is 0 Å². The molecular weight excluding hydrogens is 254 g/mol. The second-order valence-corrected chi connectivity index (χ2v) is 6.50. The van der Waals surface area contributed by atoms with Crippen molar-refractivity contribution in [2.45, 2.75) is 18.6 Å². The summed E-state index contributed by atoms with van der Waals surface area (Å²) in [7, 11) is -1.72. The number of hydrogen-bond donors (Lipinski definition) is 0. The van der Waals surface area contributed by atoms with Crippen LogP contribution in [0.3, 0.4) is 0 Å². The van der Waals surface area contributed by atoms with E-state index < -0.39 is 10.0 Å². The van der Waals surface area contributed by atoms with Gasteiger partial charge in [-0.2, -0.15) is 0 Å². The van der Waals surface area contributed by atoms with Crippen molar-refractivity contribution in [3.05, 3.63) is 23.8 Å². The third-order valence-electron chi connectivity index (χ3n) is 3.52. The summed E-state index contributed by atoms with van der Waals surface area (Å²) >= 11 is 0. The molecule has 5 nitrogen and oxygen atoms in total. The van der Waals surface area contributed by atoms with Crippen molar-refractivity contribution in [2.75, 3.05) is 24.3 Å². The van der Waals surface area contributed by atoms with E-state index in [1.54, 1.807) is 19.2 Å². The Morgan fingerprint density at radius 3 is 2.89 bits per heavy atom. The molecule has 98 valence electrons. The zero-order valence-electron chi connectivity index (χ0n) is 10.3. The van der Waals surface area contributed by atoms with Crippen LogP contribution in [-0.2, 0) is 14.8 Å². The van der Waals surface area contributed by atoms with Gasteiger partial charge in [0.2, 0.25) is 10.0 Å². The molecule has 0 spiro atoms. The predicted octanol–water partition coefficient (Wildman–Crippen LogP) is 1.30. The third-order valence-corrected chi connectivity index (χ3v) is 4.64. The average molecular weight is 269 g/mol. The normalized spacial score (nSPS) is 26.0. The molecule has 0 bridgehead atoms. The lowest BCUT2D eigenvalue weighted by atomic mass is 9.98. The van der Waals surface area contributed by atoms with E-state index in [9.17, 15) is 8.42 Å². The molecule has 0 saturated carbocycles. The van der Waals surface area contributed by atoms with Gasteiger partial charge in [-0.1, -0.05) is 0 Å². The molecule has 2 aliphatic heterocycles. The Kier molecular flexibility index (Phi) is 2.53. The lowest BCUT2D eigenvalue weighted by Gasteiger charge is -2.23. The Bertz CT molecular complexity index is 584. The third kappa shape index (κ3) is 1.59. The monoisotopic (exact) mass is 269 g/mol. The Morgan fingerprint density at radius 2 is 2.22 bits per heavy atom. The zero-order chi connectivity index (χ0) is 12.9. The smallest absolute Gasteiger partial charge is 0.234 e. The number of nitrogens with zero attached hydrogens (tertiary/aromatic N) is 1. The van der Waals surface area contributed by atoms with E-state index in [0.717, 1.165) is 17.7 Å². The lowest BCUT2D eigenvalue weighted by Crippen LogP contribution is -2.37. The first kappa shape index (κ1) is 11.8. The molecule has 2 aliphatic rings.